The van der Waals surface area contributed by atoms with E-state index in [4.69, 9.17) is 5.73 Å². The SMILES string of the molecule is Cc1nccc(CN2CCC(CN)CC2)n1. The third-order valence-corrected chi connectivity index (χ3v) is 3.26. The largest absolute Gasteiger partial charge is 0.330 e. The molecule has 4 nitrogen and oxygen atoms in total. The Bertz CT molecular complexity index is 332. The third-order valence-electron chi connectivity index (χ3n) is 3.26. The molecule has 1 aromatic heterocycles. The molecule has 1 aliphatic heterocycles. The van der Waals surface area contributed by atoms with Gasteiger partial charge in [-0.05, 0) is 51.4 Å². The van der Waals surface area contributed by atoms with E-state index in [0.717, 1.165) is 43.6 Å². The van der Waals surface area contributed by atoms with E-state index in [-0.39, 0.29) is 0 Å². The fourth-order valence-corrected chi connectivity index (χ4v) is 2.20. The number of aryl methyl sites for hydroxylation is 1. The zero-order valence-electron chi connectivity index (χ0n) is 9.89. The van der Waals surface area contributed by atoms with Crippen molar-refractivity contribution in [2.75, 3.05) is 19.6 Å². The van der Waals surface area contributed by atoms with Gasteiger partial charge in [-0.2, -0.15) is 0 Å². The Morgan fingerprint density at radius 2 is 2.19 bits per heavy atom. The number of rotatable bonds is 3. The minimum Gasteiger partial charge on any atom is -0.330 e. The van der Waals surface area contributed by atoms with Crippen LogP contribution < -0.4 is 5.73 Å². The second-order valence-corrected chi connectivity index (χ2v) is 4.55. The third kappa shape index (κ3) is 3.00. The molecule has 0 saturated carbocycles. The molecule has 1 aliphatic rings. The first-order valence-corrected chi connectivity index (χ1v) is 5.99. The number of nitrogens with two attached hydrogens (primary N) is 1. The Balaban J connectivity index is 1.87. The molecule has 1 fully saturated rings. The van der Waals surface area contributed by atoms with E-state index in [1.165, 1.54) is 12.8 Å². The summed E-state index contributed by atoms with van der Waals surface area (Å²) in [5.74, 6) is 1.58. The highest BCUT2D eigenvalue weighted by Crippen LogP contribution is 2.17. The summed E-state index contributed by atoms with van der Waals surface area (Å²) in [7, 11) is 0. The highest BCUT2D eigenvalue weighted by Gasteiger charge is 2.18. The molecular weight excluding hydrogens is 200 g/mol. The summed E-state index contributed by atoms with van der Waals surface area (Å²) in [4.78, 5) is 11.0. The van der Waals surface area contributed by atoms with Gasteiger partial charge in [0, 0.05) is 12.7 Å². The average molecular weight is 220 g/mol. The predicted octanol–water partition coefficient (Wildman–Crippen LogP) is 0.956. The molecule has 0 atom stereocenters. The van der Waals surface area contributed by atoms with Crippen molar-refractivity contribution < 1.29 is 0 Å². The second kappa shape index (κ2) is 5.37. The molecule has 2 heterocycles. The van der Waals surface area contributed by atoms with E-state index < -0.39 is 0 Å². The highest BCUT2D eigenvalue weighted by molar-refractivity contribution is 5.01. The lowest BCUT2D eigenvalue weighted by atomic mass is 9.97. The number of hydrogen-bond acceptors (Lipinski definition) is 4. The van der Waals surface area contributed by atoms with Crippen LogP contribution in [0.4, 0.5) is 0 Å². The number of piperidine rings is 1. The lowest BCUT2D eigenvalue weighted by molar-refractivity contribution is 0.178. The number of nitrogens with zero attached hydrogens (tertiary/aromatic N) is 3. The van der Waals surface area contributed by atoms with Crippen molar-refractivity contribution in [2.24, 2.45) is 11.7 Å². The Kier molecular flexibility index (Phi) is 3.85. The minimum atomic E-state index is 0.725. The molecule has 0 aliphatic carbocycles. The predicted molar refractivity (Wildman–Crippen MR) is 63.8 cm³/mol. The molecule has 1 aromatic rings. The summed E-state index contributed by atoms with van der Waals surface area (Å²) in [5.41, 5.74) is 6.81. The number of aromatic nitrogens is 2. The monoisotopic (exact) mass is 220 g/mol. The summed E-state index contributed by atoms with van der Waals surface area (Å²) < 4.78 is 0. The molecule has 4 heteroatoms. The van der Waals surface area contributed by atoms with Crippen molar-refractivity contribution in [1.29, 1.82) is 0 Å². The summed E-state index contributed by atoms with van der Waals surface area (Å²) in [6.07, 6.45) is 4.28. The molecule has 0 aromatic carbocycles. The zero-order valence-corrected chi connectivity index (χ0v) is 9.89. The number of hydrogen-bond donors (Lipinski definition) is 1. The van der Waals surface area contributed by atoms with Crippen LogP contribution in [0.15, 0.2) is 12.3 Å². The molecule has 0 amide bonds. The standard InChI is InChI=1S/C12H20N4/c1-10-14-5-2-12(15-10)9-16-6-3-11(8-13)4-7-16/h2,5,11H,3-4,6-9,13H2,1H3. The Hall–Kier alpha value is -1.00. The first-order chi connectivity index (χ1) is 7.78. The summed E-state index contributed by atoms with van der Waals surface area (Å²) >= 11 is 0. The van der Waals surface area contributed by atoms with Gasteiger partial charge in [-0.3, -0.25) is 4.90 Å². The van der Waals surface area contributed by atoms with E-state index in [1.54, 1.807) is 0 Å². The van der Waals surface area contributed by atoms with Crippen molar-refractivity contribution in [3.8, 4) is 0 Å². The molecule has 0 unspecified atom stereocenters. The van der Waals surface area contributed by atoms with Gasteiger partial charge in [-0.25, -0.2) is 9.97 Å². The van der Waals surface area contributed by atoms with E-state index in [2.05, 4.69) is 14.9 Å². The molecule has 16 heavy (non-hydrogen) atoms. The fraction of sp³-hybridized carbons (Fsp3) is 0.667. The summed E-state index contributed by atoms with van der Waals surface area (Å²) in [6.45, 7) is 6.00. The van der Waals surface area contributed by atoms with Crippen molar-refractivity contribution >= 4 is 0 Å². The fourth-order valence-electron chi connectivity index (χ4n) is 2.20. The van der Waals surface area contributed by atoms with Gasteiger partial charge < -0.3 is 5.73 Å². The van der Waals surface area contributed by atoms with Crippen LogP contribution in [0.5, 0.6) is 0 Å². The zero-order chi connectivity index (χ0) is 11.4. The van der Waals surface area contributed by atoms with E-state index in [0.29, 0.717) is 0 Å². The lowest BCUT2D eigenvalue weighted by Gasteiger charge is -2.30. The highest BCUT2D eigenvalue weighted by atomic mass is 15.1. The van der Waals surface area contributed by atoms with Crippen molar-refractivity contribution in [3.05, 3.63) is 23.8 Å². The van der Waals surface area contributed by atoms with Crippen LogP contribution in [0.1, 0.15) is 24.4 Å². The summed E-state index contributed by atoms with van der Waals surface area (Å²) in [5, 5.41) is 0. The van der Waals surface area contributed by atoms with Crippen LogP contribution in [0, 0.1) is 12.8 Å². The van der Waals surface area contributed by atoms with E-state index in [9.17, 15) is 0 Å². The lowest BCUT2D eigenvalue weighted by Crippen LogP contribution is -2.35. The molecule has 1 saturated heterocycles. The van der Waals surface area contributed by atoms with Crippen LogP contribution in [0.3, 0.4) is 0 Å². The van der Waals surface area contributed by atoms with Crippen LogP contribution in [-0.4, -0.2) is 34.5 Å². The molecule has 0 spiro atoms. The van der Waals surface area contributed by atoms with Crippen LogP contribution in [-0.2, 0) is 6.54 Å². The Labute approximate surface area is 96.9 Å². The first-order valence-electron chi connectivity index (χ1n) is 5.99. The maximum Gasteiger partial charge on any atom is 0.125 e. The van der Waals surface area contributed by atoms with Crippen molar-refractivity contribution in [3.63, 3.8) is 0 Å². The quantitative estimate of drug-likeness (QED) is 0.824. The maximum absolute atomic E-state index is 5.68. The minimum absolute atomic E-state index is 0.725. The summed E-state index contributed by atoms with van der Waals surface area (Å²) in [6, 6.07) is 2.00. The Morgan fingerprint density at radius 1 is 1.44 bits per heavy atom. The van der Waals surface area contributed by atoms with Gasteiger partial charge >= 0.3 is 0 Å². The molecular formula is C12H20N4. The van der Waals surface area contributed by atoms with Crippen molar-refractivity contribution in [2.45, 2.75) is 26.3 Å². The van der Waals surface area contributed by atoms with Gasteiger partial charge in [0.2, 0.25) is 0 Å². The maximum atomic E-state index is 5.68. The first kappa shape index (κ1) is 11.5. The average Bonchev–Trinajstić information content (AvgIpc) is 2.30. The van der Waals surface area contributed by atoms with Gasteiger partial charge in [0.05, 0.1) is 5.69 Å². The van der Waals surface area contributed by atoms with Crippen LogP contribution >= 0.6 is 0 Å². The van der Waals surface area contributed by atoms with Gasteiger partial charge in [0.1, 0.15) is 5.82 Å². The molecule has 2 rings (SSSR count). The Morgan fingerprint density at radius 3 is 2.81 bits per heavy atom. The molecule has 0 bridgehead atoms. The normalized spacial score (nSPS) is 18.9. The molecule has 0 radical (unpaired) electrons. The van der Waals surface area contributed by atoms with Gasteiger partial charge in [-0.1, -0.05) is 0 Å². The van der Waals surface area contributed by atoms with Gasteiger partial charge in [-0.15, -0.1) is 0 Å². The molecule has 2 N–H and O–H groups in total. The van der Waals surface area contributed by atoms with E-state index in [1.807, 2.05) is 19.2 Å². The van der Waals surface area contributed by atoms with E-state index >= 15 is 0 Å². The molecule has 88 valence electrons. The topological polar surface area (TPSA) is 55.0 Å². The smallest absolute Gasteiger partial charge is 0.125 e. The van der Waals surface area contributed by atoms with Crippen LogP contribution in [0.2, 0.25) is 0 Å². The van der Waals surface area contributed by atoms with Gasteiger partial charge in [0.15, 0.2) is 0 Å². The van der Waals surface area contributed by atoms with Crippen molar-refractivity contribution in [1.82, 2.24) is 14.9 Å². The second-order valence-electron chi connectivity index (χ2n) is 4.55. The number of likely N-dealkylation sites (tertiary alicyclic amines) is 1. The van der Waals surface area contributed by atoms with Crippen LogP contribution in [0.25, 0.3) is 0 Å². The van der Waals surface area contributed by atoms with Gasteiger partial charge in [0.25, 0.3) is 0 Å².